The van der Waals surface area contributed by atoms with Gasteiger partial charge in [-0.3, -0.25) is 4.79 Å². The standard InChI is InChI=1S/C16H23N3O2/c1-11-14(12-7-5-6-8-13(12)18-11)15(20)17-9-16(2,21)10-19(3)4/h5-8,18,21H,9-10H2,1-4H3,(H,17,20). The van der Waals surface area contributed by atoms with Crippen molar-refractivity contribution >= 4 is 16.8 Å². The molecular formula is C16H23N3O2. The summed E-state index contributed by atoms with van der Waals surface area (Å²) in [7, 11) is 3.78. The average Bonchev–Trinajstić information content (AvgIpc) is 2.70. The van der Waals surface area contributed by atoms with E-state index in [1.807, 2.05) is 50.2 Å². The fraction of sp³-hybridized carbons (Fsp3) is 0.438. The van der Waals surface area contributed by atoms with Crippen molar-refractivity contribution in [1.82, 2.24) is 15.2 Å². The third kappa shape index (κ3) is 3.62. The Hall–Kier alpha value is -1.85. The molecule has 21 heavy (non-hydrogen) atoms. The number of hydrogen-bond donors (Lipinski definition) is 3. The van der Waals surface area contributed by atoms with E-state index in [1.165, 1.54) is 0 Å². The number of aromatic nitrogens is 1. The molecule has 2 rings (SSSR count). The molecule has 2 aromatic rings. The van der Waals surface area contributed by atoms with E-state index in [2.05, 4.69) is 10.3 Å². The van der Waals surface area contributed by atoms with Gasteiger partial charge in [-0.15, -0.1) is 0 Å². The number of hydrogen-bond acceptors (Lipinski definition) is 3. The molecule has 114 valence electrons. The summed E-state index contributed by atoms with van der Waals surface area (Å²) >= 11 is 0. The molecule has 0 saturated carbocycles. The molecule has 5 nitrogen and oxygen atoms in total. The number of nitrogens with zero attached hydrogens (tertiary/aromatic N) is 1. The van der Waals surface area contributed by atoms with E-state index in [9.17, 15) is 9.90 Å². The molecular weight excluding hydrogens is 266 g/mol. The number of H-pyrrole nitrogens is 1. The van der Waals surface area contributed by atoms with Gasteiger partial charge < -0.3 is 20.3 Å². The first-order chi connectivity index (χ1) is 9.80. The number of likely N-dealkylation sites (N-methyl/N-ethyl adjacent to an activating group) is 1. The van der Waals surface area contributed by atoms with Crippen LogP contribution in [0.1, 0.15) is 23.0 Å². The molecule has 0 fully saturated rings. The fourth-order valence-corrected chi connectivity index (χ4v) is 2.67. The van der Waals surface area contributed by atoms with E-state index in [-0.39, 0.29) is 12.5 Å². The number of aliphatic hydroxyl groups is 1. The first-order valence-corrected chi connectivity index (χ1v) is 7.03. The summed E-state index contributed by atoms with van der Waals surface area (Å²) in [5, 5.41) is 14.0. The molecule has 0 aliphatic rings. The second-order valence-corrected chi connectivity index (χ2v) is 6.09. The number of fused-ring (bicyclic) bond motifs is 1. The van der Waals surface area contributed by atoms with E-state index in [4.69, 9.17) is 0 Å². The molecule has 0 aliphatic carbocycles. The van der Waals surface area contributed by atoms with Crippen molar-refractivity contribution in [3.63, 3.8) is 0 Å². The minimum absolute atomic E-state index is 0.163. The lowest BCUT2D eigenvalue weighted by Gasteiger charge is -2.27. The van der Waals surface area contributed by atoms with Crippen molar-refractivity contribution in [3.05, 3.63) is 35.5 Å². The molecule has 0 saturated heterocycles. The number of amides is 1. The highest BCUT2D eigenvalue weighted by Crippen LogP contribution is 2.21. The quantitative estimate of drug-likeness (QED) is 0.781. The first kappa shape index (κ1) is 15.5. The van der Waals surface area contributed by atoms with Gasteiger partial charge in [0.1, 0.15) is 0 Å². The van der Waals surface area contributed by atoms with Crippen LogP contribution < -0.4 is 5.32 Å². The number of rotatable bonds is 5. The van der Waals surface area contributed by atoms with Crippen molar-refractivity contribution < 1.29 is 9.90 Å². The number of aryl methyl sites for hydroxylation is 1. The SMILES string of the molecule is Cc1[nH]c2ccccc2c1C(=O)NCC(C)(O)CN(C)C. The van der Waals surface area contributed by atoms with Crippen molar-refractivity contribution in [2.24, 2.45) is 0 Å². The second kappa shape index (κ2) is 5.87. The van der Waals surface area contributed by atoms with Crippen molar-refractivity contribution in [2.45, 2.75) is 19.4 Å². The van der Waals surface area contributed by atoms with Crippen molar-refractivity contribution in [2.75, 3.05) is 27.2 Å². The maximum Gasteiger partial charge on any atom is 0.253 e. The zero-order chi connectivity index (χ0) is 15.6. The number of nitrogens with one attached hydrogen (secondary N) is 2. The van der Waals surface area contributed by atoms with Crippen molar-refractivity contribution in [1.29, 1.82) is 0 Å². The molecule has 1 heterocycles. The number of carbonyl (C=O) groups is 1. The topological polar surface area (TPSA) is 68.4 Å². The van der Waals surface area contributed by atoms with Gasteiger partial charge >= 0.3 is 0 Å². The van der Waals surface area contributed by atoms with Crippen molar-refractivity contribution in [3.8, 4) is 0 Å². The Morgan fingerprint density at radius 2 is 2.05 bits per heavy atom. The molecule has 3 N–H and O–H groups in total. The molecule has 1 aromatic carbocycles. The maximum absolute atomic E-state index is 12.4. The van der Waals surface area contributed by atoms with E-state index < -0.39 is 5.60 Å². The highest BCUT2D eigenvalue weighted by Gasteiger charge is 2.23. The Labute approximate surface area is 125 Å². The molecule has 0 spiro atoms. The highest BCUT2D eigenvalue weighted by molar-refractivity contribution is 6.08. The van der Waals surface area contributed by atoms with Gasteiger partial charge in [0.25, 0.3) is 5.91 Å². The van der Waals surface area contributed by atoms with E-state index in [0.29, 0.717) is 12.1 Å². The van der Waals surface area contributed by atoms with Gasteiger partial charge in [0.15, 0.2) is 0 Å². The number of aromatic amines is 1. The largest absolute Gasteiger partial charge is 0.387 e. The van der Waals surface area contributed by atoms with Gasteiger partial charge in [-0.05, 0) is 34.0 Å². The number of benzene rings is 1. The first-order valence-electron chi connectivity index (χ1n) is 7.03. The Bertz CT molecular complexity index is 644. The number of carbonyl (C=O) groups excluding carboxylic acids is 1. The molecule has 1 aromatic heterocycles. The van der Waals surface area contributed by atoms with Crippen LogP contribution in [0.5, 0.6) is 0 Å². The van der Waals surface area contributed by atoms with Crippen LogP contribution in [0.2, 0.25) is 0 Å². The summed E-state index contributed by atoms with van der Waals surface area (Å²) in [4.78, 5) is 17.5. The monoisotopic (exact) mass is 289 g/mol. The van der Waals surface area contributed by atoms with Crippen LogP contribution >= 0.6 is 0 Å². The smallest absolute Gasteiger partial charge is 0.253 e. The molecule has 0 aliphatic heterocycles. The van der Waals surface area contributed by atoms with E-state index in [1.54, 1.807) is 6.92 Å². The van der Waals surface area contributed by atoms with E-state index in [0.717, 1.165) is 16.6 Å². The lowest BCUT2D eigenvalue weighted by molar-refractivity contribution is 0.0326. The van der Waals surface area contributed by atoms with Gasteiger partial charge in [-0.25, -0.2) is 0 Å². The maximum atomic E-state index is 12.4. The minimum atomic E-state index is -0.959. The Morgan fingerprint density at radius 3 is 2.71 bits per heavy atom. The highest BCUT2D eigenvalue weighted by atomic mass is 16.3. The molecule has 5 heteroatoms. The summed E-state index contributed by atoms with van der Waals surface area (Å²) in [6.07, 6.45) is 0. The third-order valence-corrected chi connectivity index (χ3v) is 3.41. The van der Waals surface area contributed by atoms with Crippen LogP contribution in [-0.2, 0) is 0 Å². The van der Waals surface area contributed by atoms with Gasteiger partial charge in [-0.2, -0.15) is 0 Å². The number of para-hydroxylation sites is 1. The Kier molecular flexibility index (Phi) is 4.34. The molecule has 1 atom stereocenters. The van der Waals surface area contributed by atoms with Gasteiger partial charge in [0.2, 0.25) is 0 Å². The van der Waals surface area contributed by atoms with Crippen LogP contribution in [0.25, 0.3) is 10.9 Å². The average molecular weight is 289 g/mol. The predicted octanol–water partition coefficient (Wildman–Crippen LogP) is 1.52. The minimum Gasteiger partial charge on any atom is -0.387 e. The van der Waals surface area contributed by atoms with Crippen LogP contribution in [0.3, 0.4) is 0 Å². The summed E-state index contributed by atoms with van der Waals surface area (Å²) in [5.41, 5.74) is 1.46. The van der Waals surface area contributed by atoms with Crippen LogP contribution in [0, 0.1) is 6.92 Å². The van der Waals surface area contributed by atoms with Crippen LogP contribution in [-0.4, -0.2) is 53.7 Å². The van der Waals surface area contributed by atoms with Gasteiger partial charge in [0, 0.05) is 29.7 Å². The summed E-state index contributed by atoms with van der Waals surface area (Å²) in [5.74, 6) is -0.163. The van der Waals surface area contributed by atoms with Crippen LogP contribution in [0.15, 0.2) is 24.3 Å². The predicted molar refractivity (Wildman–Crippen MR) is 84.5 cm³/mol. The summed E-state index contributed by atoms with van der Waals surface area (Å²) < 4.78 is 0. The summed E-state index contributed by atoms with van der Waals surface area (Å²) in [6.45, 7) is 4.30. The lowest BCUT2D eigenvalue weighted by Crippen LogP contribution is -2.47. The van der Waals surface area contributed by atoms with Crippen LogP contribution in [0.4, 0.5) is 0 Å². The zero-order valence-corrected chi connectivity index (χ0v) is 13.0. The Balaban J connectivity index is 2.14. The Morgan fingerprint density at radius 1 is 1.38 bits per heavy atom. The molecule has 1 amide bonds. The summed E-state index contributed by atoms with van der Waals surface area (Å²) in [6, 6.07) is 7.71. The third-order valence-electron chi connectivity index (χ3n) is 3.41. The molecule has 1 unspecified atom stereocenters. The second-order valence-electron chi connectivity index (χ2n) is 6.09. The lowest BCUT2D eigenvalue weighted by atomic mass is 10.1. The molecule has 0 radical (unpaired) electrons. The normalized spacial score (nSPS) is 14.4. The van der Waals surface area contributed by atoms with Gasteiger partial charge in [0.05, 0.1) is 11.2 Å². The molecule has 0 bridgehead atoms. The fourth-order valence-electron chi connectivity index (χ4n) is 2.67. The van der Waals surface area contributed by atoms with E-state index >= 15 is 0 Å². The van der Waals surface area contributed by atoms with Gasteiger partial charge in [-0.1, -0.05) is 18.2 Å². The zero-order valence-electron chi connectivity index (χ0n) is 13.0.